The Kier molecular flexibility index (Phi) is 7.33. The summed E-state index contributed by atoms with van der Waals surface area (Å²) in [6, 6.07) is 11.8. The van der Waals surface area contributed by atoms with Crippen LogP contribution in [0.1, 0.15) is 26.3 Å². The van der Waals surface area contributed by atoms with Crippen LogP contribution in [-0.2, 0) is 21.3 Å². The van der Waals surface area contributed by atoms with Gasteiger partial charge in [-0.05, 0) is 68.8 Å². The van der Waals surface area contributed by atoms with Gasteiger partial charge in [-0.3, -0.25) is 9.97 Å². The van der Waals surface area contributed by atoms with Gasteiger partial charge in [-0.25, -0.2) is 22.2 Å². The van der Waals surface area contributed by atoms with Crippen molar-refractivity contribution in [1.82, 2.24) is 23.8 Å². The number of nitrogens with zero attached hydrogens (tertiary/aromatic N) is 5. The summed E-state index contributed by atoms with van der Waals surface area (Å²) in [4.78, 5) is 26.4. The van der Waals surface area contributed by atoms with Crippen LogP contribution in [0.15, 0.2) is 78.3 Å². The van der Waals surface area contributed by atoms with Gasteiger partial charge in [0.2, 0.25) is 0 Å². The van der Waals surface area contributed by atoms with Gasteiger partial charge in [0, 0.05) is 49.2 Å². The van der Waals surface area contributed by atoms with Gasteiger partial charge in [-0.15, -0.1) is 0 Å². The van der Waals surface area contributed by atoms with Crippen molar-refractivity contribution in [3.05, 3.63) is 84.2 Å². The Morgan fingerprint density at radius 3 is 2.38 bits per heavy atom. The van der Waals surface area contributed by atoms with E-state index in [9.17, 15) is 13.2 Å². The van der Waals surface area contributed by atoms with E-state index in [-0.39, 0.29) is 11.4 Å². The van der Waals surface area contributed by atoms with Crippen molar-refractivity contribution in [2.45, 2.75) is 37.8 Å². The monoisotopic (exact) mass is 539 g/mol. The molecule has 4 aromatic rings. The van der Waals surface area contributed by atoms with Crippen molar-refractivity contribution in [2.24, 2.45) is 0 Å². The fourth-order valence-corrected chi connectivity index (χ4v) is 5.00. The molecule has 9 nitrogen and oxygen atoms in total. The maximum absolute atomic E-state index is 13.5. The first kappa shape index (κ1) is 26.3. The van der Waals surface area contributed by atoms with Crippen molar-refractivity contribution >= 4 is 27.7 Å². The van der Waals surface area contributed by atoms with Gasteiger partial charge >= 0.3 is 6.09 Å². The van der Waals surface area contributed by atoms with Gasteiger partial charge in [0.1, 0.15) is 15.6 Å². The number of aromatic nitrogens is 4. The van der Waals surface area contributed by atoms with Crippen LogP contribution in [0.25, 0.3) is 22.5 Å². The molecular formula is C26H26ClN5O4S. The average molecular weight is 540 g/mol. The second kappa shape index (κ2) is 10.3. The molecule has 4 heterocycles. The fourth-order valence-electron chi connectivity index (χ4n) is 3.53. The summed E-state index contributed by atoms with van der Waals surface area (Å²) < 4.78 is 33.7. The minimum atomic E-state index is -3.98. The van der Waals surface area contributed by atoms with Gasteiger partial charge < -0.3 is 9.64 Å². The molecule has 0 spiro atoms. The molecule has 0 saturated carbocycles. The first-order valence-corrected chi connectivity index (χ1v) is 13.2. The molecule has 1 amide bonds. The summed E-state index contributed by atoms with van der Waals surface area (Å²) in [7, 11) is -2.39. The zero-order valence-electron chi connectivity index (χ0n) is 20.8. The lowest BCUT2D eigenvalue weighted by Gasteiger charge is -2.24. The second-order valence-electron chi connectivity index (χ2n) is 9.36. The Morgan fingerprint density at radius 2 is 1.78 bits per heavy atom. The number of hydrogen-bond donors (Lipinski definition) is 0. The molecule has 0 fully saturated rings. The van der Waals surface area contributed by atoms with Crippen LogP contribution in [0, 0.1) is 0 Å². The molecule has 11 heteroatoms. The smallest absolute Gasteiger partial charge is 0.410 e. The maximum Gasteiger partial charge on any atom is 0.410 e. The van der Waals surface area contributed by atoms with Crippen LogP contribution in [0.4, 0.5) is 4.79 Å². The van der Waals surface area contributed by atoms with Crippen LogP contribution in [-0.4, -0.2) is 51.0 Å². The highest BCUT2D eigenvalue weighted by Gasteiger charge is 2.24. The normalized spacial score (nSPS) is 11.8. The molecule has 4 aromatic heterocycles. The molecule has 0 aliphatic rings. The number of pyridine rings is 3. The number of rotatable bonds is 6. The molecule has 0 radical (unpaired) electrons. The van der Waals surface area contributed by atoms with E-state index < -0.39 is 21.7 Å². The summed E-state index contributed by atoms with van der Waals surface area (Å²) in [6.45, 7) is 5.49. The van der Waals surface area contributed by atoms with Gasteiger partial charge in [0.15, 0.2) is 0 Å². The summed E-state index contributed by atoms with van der Waals surface area (Å²) >= 11 is 5.88. The Labute approximate surface area is 220 Å². The van der Waals surface area contributed by atoms with Crippen LogP contribution < -0.4 is 0 Å². The summed E-state index contributed by atoms with van der Waals surface area (Å²) in [5, 5.41) is 0.377. The molecule has 192 valence electrons. The van der Waals surface area contributed by atoms with Crippen molar-refractivity contribution in [2.75, 3.05) is 7.05 Å². The maximum atomic E-state index is 13.5. The largest absolute Gasteiger partial charge is 0.444 e. The van der Waals surface area contributed by atoms with Crippen LogP contribution in [0.2, 0.25) is 5.15 Å². The van der Waals surface area contributed by atoms with Crippen LogP contribution in [0.5, 0.6) is 0 Å². The van der Waals surface area contributed by atoms with Gasteiger partial charge in [-0.2, -0.15) is 0 Å². The standard InChI is InChI=1S/C26H26ClN5O4S/c1-26(2,3)36-25(33)31(4)16-18-12-23(32(17-18)37(34,35)21-6-5-11-28-15-21)20-7-9-22(29-14-20)19-8-10-24(27)30-13-19/h5-15,17H,16H2,1-4H3. The molecule has 0 aliphatic carbocycles. The Morgan fingerprint density at radius 1 is 1.05 bits per heavy atom. The van der Waals surface area contributed by atoms with Crippen molar-refractivity contribution < 1.29 is 17.9 Å². The zero-order chi connectivity index (χ0) is 26.8. The molecule has 0 unspecified atom stereocenters. The zero-order valence-corrected chi connectivity index (χ0v) is 22.4. The Bertz CT molecular complexity index is 1500. The van der Waals surface area contributed by atoms with Gasteiger partial charge in [-0.1, -0.05) is 11.6 Å². The highest BCUT2D eigenvalue weighted by atomic mass is 35.5. The molecule has 0 aliphatic heterocycles. The third kappa shape index (κ3) is 6.15. The van der Waals surface area contributed by atoms with Crippen LogP contribution in [0.3, 0.4) is 0 Å². The van der Waals surface area contributed by atoms with Gasteiger partial charge in [0.25, 0.3) is 10.0 Å². The molecular weight excluding hydrogens is 514 g/mol. The molecule has 0 aromatic carbocycles. The van der Waals surface area contributed by atoms with Gasteiger partial charge in [0.05, 0.1) is 17.9 Å². The number of hydrogen-bond acceptors (Lipinski definition) is 7. The number of ether oxygens (including phenoxy) is 1. The van der Waals surface area contributed by atoms with Crippen molar-refractivity contribution in [3.8, 4) is 22.5 Å². The average Bonchev–Trinajstić information content (AvgIpc) is 3.29. The predicted octanol–water partition coefficient (Wildman–Crippen LogP) is 5.26. The van der Waals surface area contributed by atoms with E-state index in [1.54, 1.807) is 76.6 Å². The molecule has 37 heavy (non-hydrogen) atoms. The van der Waals surface area contributed by atoms with E-state index in [4.69, 9.17) is 16.3 Å². The number of amides is 1. The minimum Gasteiger partial charge on any atom is -0.444 e. The highest BCUT2D eigenvalue weighted by Crippen LogP contribution is 2.29. The first-order chi connectivity index (χ1) is 17.4. The van der Waals surface area contributed by atoms with E-state index >= 15 is 0 Å². The Hall–Kier alpha value is -3.76. The molecule has 0 atom stereocenters. The molecule has 4 rings (SSSR count). The fraction of sp³-hybridized carbons (Fsp3) is 0.231. The second-order valence-corrected chi connectivity index (χ2v) is 11.6. The molecule has 0 bridgehead atoms. The van der Waals surface area contributed by atoms with E-state index in [2.05, 4.69) is 15.0 Å². The number of carbonyl (C=O) groups is 1. The molecule has 0 saturated heterocycles. The molecule has 0 N–H and O–H groups in total. The van der Waals surface area contributed by atoms with Crippen molar-refractivity contribution in [1.29, 1.82) is 0 Å². The lowest BCUT2D eigenvalue weighted by atomic mass is 10.1. The van der Waals surface area contributed by atoms with E-state index in [0.29, 0.717) is 27.7 Å². The van der Waals surface area contributed by atoms with Crippen LogP contribution >= 0.6 is 11.6 Å². The third-order valence-electron chi connectivity index (χ3n) is 5.24. The SMILES string of the molecule is CN(Cc1cc(-c2ccc(-c3ccc(Cl)nc3)nc2)n(S(=O)(=O)c2cccnc2)c1)C(=O)OC(C)(C)C. The highest BCUT2D eigenvalue weighted by molar-refractivity contribution is 7.90. The minimum absolute atomic E-state index is 0.0377. The number of halogens is 1. The van der Waals surface area contributed by atoms with Crippen molar-refractivity contribution in [3.63, 3.8) is 0 Å². The third-order valence-corrected chi connectivity index (χ3v) is 7.12. The van der Waals surface area contributed by atoms with E-state index in [1.807, 2.05) is 0 Å². The summed E-state index contributed by atoms with van der Waals surface area (Å²) in [5.74, 6) is 0. The quantitative estimate of drug-likeness (QED) is 0.307. The van der Waals surface area contributed by atoms with E-state index in [1.165, 1.54) is 33.5 Å². The Balaban J connectivity index is 1.73. The van der Waals surface area contributed by atoms with E-state index in [0.717, 1.165) is 5.56 Å². The number of carbonyl (C=O) groups excluding carboxylic acids is 1. The lowest BCUT2D eigenvalue weighted by Crippen LogP contribution is -2.33. The first-order valence-electron chi connectivity index (χ1n) is 11.3. The summed E-state index contributed by atoms with van der Waals surface area (Å²) in [6.07, 6.45) is 6.99. The lowest BCUT2D eigenvalue weighted by molar-refractivity contribution is 0.0285. The predicted molar refractivity (Wildman–Crippen MR) is 140 cm³/mol. The topological polar surface area (TPSA) is 107 Å². The summed E-state index contributed by atoms with van der Waals surface area (Å²) in [5.41, 5.74) is 2.34.